The maximum absolute atomic E-state index is 13.3. The summed E-state index contributed by atoms with van der Waals surface area (Å²) in [6.45, 7) is 2.04. The molecule has 0 saturated carbocycles. The summed E-state index contributed by atoms with van der Waals surface area (Å²) in [4.78, 5) is 43.8. The number of hydrogen-bond acceptors (Lipinski definition) is 3. The van der Waals surface area contributed by atoms with Crippen molar-refractivity contribution in [2.24, 2.45) is 0 Å². The smallest absolute Gasteiger partial charge is 0.254 e. The van der Waals surface area contributed by atoms with Crippen LogP contribution in [-0.2, 0) is 16.1 Å². The Balaban J connectivity index is 1.54. The van der Waals surface area contributed by atoms with E-state index in [4.69, 9.17) is 11.6 Å². The zero-order chi connectivity index (χ0) is 24.2. The van der Waals surface area contributed by atoms with Crippen LogP contribution in [0.3, 0.4) is 0 Å². The second-order valence-corrected chi connectivity index (χ2v) is 9.42. The number of carbonyl (C=O) groups excluding carboxylic acids is 3. The highest BCUT2D eigenvalue weighted by atomic mass is 79.9. The third kappa shape index (κ3) is 5.32. The van der Waals surface area contributed by atoms with Gasteiger partial charge in [0.05, 0.1) is 0 Å². The van der Waals surface area contributed by atoms with Crippen LogP contribution in [0.25, 0.3) is 0 Å². The molecule has 0 aliphatic carbocycles. The Morgan fingerprint density at radius 1 is 1.03 bits per heavy atom. The topological polar surface area (TPSA) is 60.9 Å². The predicted octanol–water partition coefficient (Wildman–Crippen LogP) is 4.89. The number of hydrogen-bond donors (Lipinski definition) is 0. The Kier molecular flexibility index (Phi) is 7.34. The molecule has 0 N–H and O–H groups in total. The molecule has 0 unspecified atom stereocenters. The summed E-state index contributed by atoms with van der Waals surface area (Å²) in [6, 6.07) is 21.9. The molecule has 0 atom stereocenters. The summed E-state index contributed by atoms with van der Waals surface area (Å²) in [6.07, 6.45) is 0. The van der Waals surface area contributed by atoms with Crippen LogP contribution in [0.15, 0.2) is 77.3 Å². The third-order valence-corrected chi connectivity index (χ3v) is 6.63. The van der Waals surface area contributed by atoms with E-state index in [2.05, 4.69) is 15.9 Å². The van der Waals surface area contributed by atoms with Crippen LogP contribution in [0, 0.1) is 6.92 Å². The second-order valence-electron chi connectivity index (χ2n) is 8.10. The maximum Gasteiger partial charge on any atom is 0.254 e. The first-order chi connectivity index (χ1) is 16.3. The first kappa shape index (κ1) is 24.0. The van der Waals surface area contributed by atoms with Gasteiger partial charge in [-0.1, -0.05) is 70.0 Å². The molecule has 1 fully saturated rings. The summed E-state index contributed by atoms with van der Waals surface area (Å²) >= 11 is 9.62. The van der Waals surface area contributed by atoms with Crippen molar-refractivity contribution in [3.63, 3.8) is 0 Å². The van der Waals surface area contributed by atoms with Gasteiger partial charge in [-0.15, -0.1) is 0 Å². The third-order valence-electron chi connectivity index (χ3n) is 5.72. The first-order valence-electron chi connectivity index (χ1n) is 10.8. The number of nitrogens with zero attached hydrogens (tertiary/aromatic N) is 3. The molecule has 4 rings (SSSR count). The van der Waals surface area contributed by atoms with E-state index in [1.54, 1.807) is 35.2 Å². The van der Waals surface area contributed by atoms with E-state index in [1.807, 2.05) is 49.4 Å². The Labute approximate surface area is 211 Å². The Bertz CT molecular complexity index is 1230. The van der Waals surface area contributed by atoms with Crippen LogP contribution < -0.4 is 4.90 Å². The summed E-state index contributed by atoms with van der Waals surface area (Å²) in [5, 5.41) is 0.559. The van der Waals surface area contributed by atoms with Crippen LogP contribution in [0.1, 0.15) is 21.5 Å². The molecule has 3 amide bonds. The molecule has 1 aliphatic heterocycles. The van der Waals surface area contributed by atoms with E-state index in [-0.39, 0.29) is 44.0 Å². The molecule has 0 aromatic heterocycles. The van der Waals surface area contributed by atoms with Gasteiger partial charge in [0, 0.05) is 27.3 Å². The molecule has 6 nitrogen and oxygen atoms in total. The van der Waals surface area contributed by atoms with Gasteiger partial charge in [-0.3, -0.25) is 19.3 Å². The highest BCUT2D eigenvalue weighted by Crippen LogP contribution is 2.29. The van der Waals surface area contributed by atoms with Crippen molar-refractivity contribution in [3.05, 3.63) is 99.0 Å². The van der Waals surface area contributed by atoms with Crippen molar-refractivity contribution in [1.29, 1.82) is 0 Å². The van der Waals surface area contributed by atoms with Gasteiger partial charge in [0.2, 0.25) is 11.8 Å². The van der Waals surface area contributed by atoms with Crippen molar-refractivity contribution < 1.29 is 14.4 Å². The van der Waals surface area contributed by atoms with Gasteiger partial charge in [0.25, 0.3) is 5.91 Å². The fourth-order valence-corrected chi connectivity index (χ4v) is 4.45. The molecule has 0 bridgehead atoms. The molecule has 174 valence electrons. The van der Waals surface area contributed by atoms with Gasteiger partial charge in [-0.2, -0.15) is 0 Å². The Hall–Kier alpha value is -3.16. The molecular weight excluding hydrogens is 518 g/mol. The van der Waals surface area contributed by atoms with Crippen LogP contribution in [0.2, 0.25) is 5.02 Å². The van der Waals surface area contributed by atoms with Gasteiger partial charge >= 0.3 is 0 Å². The molecule has 0 spiro atoms. The Morgan fingerprint density at radius 2 is 1.76 bits per heavy atom. The van der Waals surface area contributed by atoms with E-state index < -0.39 is 0 Å². The van der Waals surface area contributed by atoms with E-state index in [9.17, 15) is 14.4 Å². The average Bonchev–Trinajstić information content (AvgIpc) is 3.22. The van der Waals surface area contributed by atoms with Crippen molar-refractivity contribution in [3.8, 4) is 0 Å². The minimum atomic E-state index is -0.296. The number of benzene rings is 3. The number of anilines is 1. The van der Waals surface area contributed by atoms with Crippen LogP contribution in [0.4, 0.5) is 5.69 Å². The van der Waals surface area contributed by atoms with Gasteiger partial charge in [0.15, 0.2) is 0 Å². The van der Waals surface area contributed by atoms with Crippen LogP contribution in [-0.4, -0.2) is 47.3 Å². The quantitative estimate of drug-likeness (QED) is 0.447. The van der Waals surface area contributed by atoms with Gasteiger partial charge in [0.1, 0.15) is 19.8 Å². The zero-order valence-electron chi connectivity index (χ0n) is 18.6. The summed E-state index contributed by atoms with van der Waals surface area (Å²) in [5.74, 6) is -0.743. The largest absolute Gasteiger partial charge is 0.325 e. The fourth-order valence-electron chi connectivity index (χ4n) is 3.88. The van der Waals surface area contributed by atoms with Crippen LogP contribution >= 0.6 is 27.5 Å². The summed E-state index contributed by atoms with van der Waals surface area (Å²) in [7, 11) is 0. The lowest BCUT2D eigenvalue weighted by molar-refractivity contribution is -0.132. The normalized spacial score (nSPS) is 13.3. The molecule has 1 heterocycles. The van der Waals surface area contributed by atoms with Crippen molar-refractivity contribution in [2.75, 3.05) is 24.7 Å². The molecular formula is C26H23BrClN3O3. The highest BCUT2D eigenvalue weighted by Gasteiger charge is 2.34. The lowest BCUT2D eigenvalue weighted by atomic mass is 10.1. The summed E-state index contributed by atoms with van der Waals surface area (Å²) in [5.41, 5.74) is 2.85. The number of amides is 3. The van der Waals surface area contributed by atoms with Crippen LogP contribution in [0.5, 0.6) is 0 Å². The van der Waals surface area contributed by atoms with Gasteiger partial charge < -0.3 is 9.80 Å². The molecule has 1 saturated heterocycles. The molecule has 8 heteroatoms. The van der Waals surface area contributed by atoms with Gasteiger partial charge in [-0.05, 0) is 48.4 Å². The van der Waals surface area contributed by atoms with E-state index >= 15 is 0 Å². The predicted molar refractivity (Wildman–Crippen MR) is 136 cm³/mol. The standard InChI is InChI=1S/C26H23BrClN3O3/c1-18-22(28)11-6-12-23(18)31-17-30(16-25(31)33)24(32)15-29(14-19-7-3-2-4-8-19)26(34)20-9-5-10-21(27)13-20/h2-13H,14-17H2,1H3. The van der Waals surface area contributed by atoms with E-state index in [0.717, 1.165) is 15.6 Å². The minimum Gasteiger partial charge on any atom is -0.325 e. The molecule has 1 aliphatic rings. The SMILES string of the molecule is Cc1c(Cl)cccc1N1CN(C(=O)CN(Cc2ccccc2)C(=O)c2cccc(Br)c2)CC1=O. The molecule has 3 aromatic rings. The van der Waals surface area contributed by atoms with E-state index in [1.165, 1.54) is 9.80 Å². The lowest BCUT2D eigenvalue weighted by Gasteiger charge is -2.26. The molecule has 3 aromatic carbocycles. The van der Waals surface area contributed by atoms with E-state index in [0.29, 0.717) is 16.3 Å². The average molecular weight is 541 g/mol. The fraction of sp³-hybridized carbons (Fsp3) is 0.192. The maximum atomic E-state index is 13.3. The monoisotopic (exact) mass is 539 g/mol. The zero-order valence-corrected chi connectivity index (χ0v) is 20.9. The minimum absolute atomic E-state index is 0.0466. The first-order valence-corrected chi connectivity index (χ1v) is 11.9. The van der Waals surface area contributed by atoms with Crippen molar-refractivity contribution >= 4 is 50.9 Å². The Morgan fingerprint density at radius 3 is 2.50 bits per heavy atom. The molecule has 0 radical (unpaired) electrons. The number of rotatable bonds is 6. The van der Waals surface area contributed by atoms with Gasteiger partial charge in [-0.25, -0.2) is 0 Å². The van der Waals surface area contributed by atoms with Crippen molar-refractivity contribution in [1.82, 2.24) is 9.80 Å². The molecule has 34 heavy (non-hydrogen) atoms. The van der Waals surface area contributed by atoms with Crippen molar-refractivity contribution in [2.45, 2.75) is 13.5 Å². The number of carbonyl (C=O) groups is 3. The number of halogens is 2. The summed E-state index contributed by atoms with van der Waals surface area (Å²) < 4.78 is 0.780. The lowest BCUT2D eigenvalue weighted by Crippen LogP contribution is -2.42. The highest BCUT2D eigenvalue weighted by molar-refractivity contribution is 9.10. The second kappa shape index (κ2) is 10.4.